The first kappa shape index (κ1) is 57.8. The number of nitrogens with two attached hydrogens (primary N) is 1. The third-order valence-electron chi connectivity index (χ3n) is 11.2. The minimum Gasteiger partial charge on any atom is -0.462 e. The van der Waals surface area contributed by atoms with Gasteiger partial charge in [-0.2, -0.15) is 0 Å². The Morgan fingerprint density at radius 2 is 0.831 bits per heavy atom. The van der Waals surface area contributed by atoms with Gasteiger partial charge >= 0.3 is 19.8 Å². The predicted molar refractivity (Wildman–Crippen MR) is 248 cm³/mol. The normalized spacial score (nSPS) is 13.2. The minimum atomic E-state index is -4.38. The van der Waals surface area contributed by atoms with Gasteiger partial charge in [0.15, 0.2) is 6.10 Å². The van der Waals surface area contributed by atoms with Crippen molar-refractivity contribution in [2.45, 2.75) is 264 Å². The summed E-state index contributed by atoms with van der Waals surface area (Å²) in [6, 6.07) is 0. The van der Waals surface area contributed by atoms with E-state index in [1.165, 1.54) is 180 Å². The molecule has 2 unspecified atom stereocenters. The van der Waals surface area contributed by atoms with Crippen molar-refractivity contribution >= 4 is 19.8 Å². The summed E-state index contributed by atoms with van der Waals surface area (Å²) in [5.74, 6) is -0.817. The van der Waals surface area contributed by atoms with Gasteiger partial charge in [0, 0.05) is 19.4 Å². The van der Waals surface area contributed by atoms with Crippen LogP contribution in [0.2, 0.25) is 0 Å². The van der Waals surface area contributed by atoms with Gasteiger partial charge in [0.05, 0.1) is 13.2 Å². The molecule has 0 aromatic rings. The minimum absolute atomic E-state index is 0.0557. The van der Waals surface area contributed by atoms with Crippen molar-refractivity contribution in [3.05, 3.63) is 12.2 Å². The molecule has 3 N–H and O–H groups in total. The summed E-state index contributed by atoms with van der Waals surface area (Å²) in [6.45, 7) is 3.78. The Hall–Kier alpha value is -1.25. The summed E-state index contributed by atoms with van der Waals surface area (Å²) in [5, 5.41) is 0. The van der Waals surface area contributed by atoms with Gasteiger partial charge in [0.25, 0.3) is 0 Å². The molecule has 0 saturated heterocycles. The molecule has 0 radical (unpaired) electrons. The largest absolute Gasteiger partial charge is 0.472 e. The van der Waals surface area contributed by atoms with Crippen LogP contribution >= 0.6 is 7.82 Å². The maximum Gasteiger partial charge on any atom is 0.472 e. The summed E-state index contributed by atoms with van der Waals surface area (Å²) in [4.78, 5) is 35.0. The molecule has 59 heavy (non-hydrogen) atoms. The highest BCUT2D eigenvalue weighted by Gasteiger charge is 2.26. The van der Waals surface area contributed by atoms with Crippen LogP contribution in [0.25, 0.3) is 0 Å². The Morgan fingerprint density at radius 1 is 0.492 bits per heavy atom. The average Bonchev–Trinajstić information content (AvgIpc) is 3.22. The third-order valence-corrected chi connectivity index (χ3v) is 12.1. The van der Waals surface area contributed by atoms with E-state index in [1.54, 1.807) is 0 Å². The molecular formula is C49H96NO8P. The van der Waals surface area contributed by atoms with Gasteiger partial charge < -0.3 is 20.1 Å². The Morgan fingerprint density at radius 3 is 1.20 bits per heavy atom. The number of rotatable bonds is 48. The number of allylic oxidation sites excluding steroid dienone is 2. The standard InChI is InChI=1S/C49H96NO8P/c1-3-5-7-9-11-13-15-17-19-21-23-24-26-27-29-31-33-35-37-39-41-48(51)55-45-47(46-57-59(53,54)56-44-43-50)58-49(52)42-40-38-36-34-32-30-28-25-22-20-18-16-14-12-10-8-6-4-2/h20,22,47H,3-19,21,23-46,50H2,1-2H3,(H,53,54)/b22-20-. The zero-order valence-corrected chi connectivity index (χ0v) is 39.7. The summed E-state index contributed by atoms with van der Waals surface area (Å²) in [7, 11) is -4.38. The second-order valence-electron chi connectivity index (χ2n) is 17.0. The fraction of sp³-hybridized carbons (Fsp3) is 0.918. The van der Waals surface area contributed by atoms with Crippen molar-refractivity contribution in [3.63, 3.8) is 0 Å². The van der Waals surface area contributed by atoms with Crippen molar-refractivity contribution in [3.8, 4) is 0 Å². The SMILES string of the molecule is CCCCCCCCC/C=C\CCCCCCCCCC(=O)OC(COC(=O)CCCCCCCCCCCCCCCCCCCCCC)COP(=O)(O)OCCN. The molecule has 0 amide bonds. The summed E-state index contributed by atoms with van der Waals surface area (Å²) in [6.07, 6.45) is 49.6. The second-order valence-corrected chi connectivity index (χ2v) is 18.5. The molecule has 0 fully saturated rings. The van der Waals surface area contributed by atoms with Gasteiger partial charge in [-0.15, -0.1) is 0 Å². The highest BCUT2D eigenvalue weighted by molar-refractivity contribution is 7.47. The number of phosphoric acid groups is 1. The van der Waals surface area contributed by atoms with E-state index in [2.05, 4.69) is 26.0 Å². The highest BCUT2D eigenvalue weighted by Crippen LogP contribution is 2.43. The zero-order valence-electron chi connectivity index (χ0n) is 38.8. The van der Waals surface area contributed by atoms with E-state index in [4.69, 9.17) is 24.3 Å². The number of carbonyl (C=O) groups excluding carboxylic acids is 2. The quantitative estimate of drug-likeness (QED) is 0.0265. The van der Waals surface area contributed by atoms with Crippen LogP contribution in [0.1, 0.15) is 258 Å². The molecule has 0 heterocycles. The lowest BCUT2D eigenvalue weighted by Crippen LogP contribution is -2.29. The fourth-order valence-corrected chi connectivity index (χ4v) is 8.16. The van der Waals surface area contributed by atoms with Crippen LogP contribution < -0.4 is 5.73 Å². The van der Waals surface area contributed by atoms with Crippen LogP contribution in [0.4, 0.5) is 0 Å². The van der Waals surface area contributed by atoms with Gasteiger partial charge in [-0.3, -0.25) is 18.6 Å². The molecule has 0 aromatic carbocycles. The van der Waals surface area contributed by atoms with Crippen LogP contribution in [-0.4, -0.2) is 49.3 Å². The number of hydrogen-bond donors (Lipinski definition) is 2. The number of ether oxygens (including phenoxy) is 2. The molecule has 0 saturated carbocycles. The summed E-state index contributed by atoms with van der Waals surface area (Å²) in [5.41, 5.74) is 5.36. The molecule has 0 aliphatic rings. The number of phosphoric ester groups is 1. The molecule has 2 atom stereocenters. The predicted octanol–water partition coefficient (Wildman–Crippen LogP) is 15.0. The molecule has 0 aromatic heterocycles. The average molecular weight is 858 g/mol. The molecular weight excluding hydrogens is 762 g/mol. The third kappa shape index (κ3) is 46.1. The highest BCUT2D eigenvalue weighted by atomic mass is 31.2. The van der Waals surface area contributed by atoms with Crippen molar-refractivity contribution in [1.82, 2.24) is 0 Å². The van der Waals surface area contributed by atoms with Crippen LogP contribution in [0.5, 0.6) is 0 Å². The first-order valence-electron chi connectivity index (χ1n) is 25.2. The van der Waals surface area contributed by atoms with Crippen LogP contribution in [0, 0.1) is 0 Å². The van der Waals surface area contributed by atoms with E-state index in [-0.39, 0.29) is 38.6 Å². The molecule has 0 aliphatic heterocycles. The number of carbonyl (C=O) groups is 2. The van der Waals surface area contributed by atoms with E-state index in [0.29, 0.717) is 6.42 Å². The van der Waals surface area contributed by atoms with E-state index in [1.807, 2.05) is 0 Å². The van der Waals surface area contributed by atoms with Crippen LogP contribution in [0.15, 0.2) is 12.2 Å². The number of unbranched alkanes of at least 4 members (excludes halogenated alkanes) is 33. The maximum absolute atomic E-state index is 12.6. The molecule has 0 spiro atoms. The zero-order chi connectivity index (χ0) is 43.2. The van der Waals surface area contributed by atoms with E-state index < -0.39 is 26.5 Å². The Labute approximate surface area is 364 Å². The lowest BCUT2D eigenvalue weighted by molar-refractivity contribution is -0.161. The number of hydrogen-bond acceptors (Lipinski definition) is 8. The monoisotopic (exact) mass is 858 g/mol. The van der Waals surface area contributed by atoms with Crippen molar-refractivity contribution < 1.29 is 37.6 Å². The Balaban J connectivity index is 4.02. The first-order valence-corrected chi connectivity index (χ1v) is 26.7. The molecule has 9 nitrogen and oxygen atoms in total. The molecule has 0 bridgehead atoms. The van der Waals surface area contributed by atoms with Gasteiger partial charge in [0.1, 0.15) is 6.61 Å². The van der Waals surface area contributed by atoms with Gasteiger partial charge in [0.2, 0.25) is 0 Å². The smallest absolute Gasteiger partial charge is 0.462 e. The van der Waals surface area contributed by atoms with Crippen molar-refractivity contribution in [1.29, 1.82) is 0 Å². The lowest BCUT2D eigenvalue weighted by atomic mass is 10.0. The maximum atomic E-state index is 12.6. The van der Waals surface area contributed by atoms with Crippen LogP contribution in [-0.2, 0) is 32.7 Å². The van der Waals surface area contributed by atoms with Crippen molar-refractivity contribution in [2.75, 3.05) is 26.4 Å². The first-order chi connectivity index (χ1) is 28.8. The molecule has 350 valence electrons. The lowest BCUT2D eigenvalue weighted by Gasteiger charge is -2.19. The number of esters is 2. The molecule has 0 aliphatic carbocycles. The van der Waals surface area contributed by atoms with E-state index >= 15 is 0 Å². The van der Waals surface area contributed by atoms with E-state index in [0.717, 1.165) is 44.9 Å². The van der Waals surface area contributed by atoms with Gasteiger partial charge in [-0.1, -0.05) is 219 Å². The van der Waals surface area contributed by atoms with E-state index in [9.17, 15) is 19.0 Å². The molecule has 0 rings (SSSR count). The topological polar surface area (TPSA) is 134 Å². The summed E-state index contributed by atoms with van der Waals surface area (Å²) >= 11 is 0. The fourth-order valence-electron chi connectivity index (χ4n) is 7.40. The summed E-state index contributed by atoms with van der Waals surface area (Å²) < 4.78 is 32.9. The Kier molecular flexibility index (Phi) is 45.3. The molecule has 10 heteroatoms. The van der Waals surface area contributed by atoms with Crippen molar-refractivity contribution in [2.24, 2.45) is 5.73 Å². The Bertz CT molecular complexity index is 980. The van der Waals surface area contributed by atoms with Crippen LogP contribution in [0.3, 0.4) is 0 Å². The van der Waals surface area contributed by atoms with Gasteiger partial charge in [-0.25, -0.2) is 4.57 Å². The van der Waals surface area contributed by atoms with Gasteiger partial charge in [-0.05, 0) is 38.5 Å². The second kappa shape index (κ2) is 46.3.